The molecule has 0 heterocycles. The molecule has 0 radical (unpaired) electrons. The summed E-state index contributed by atoms with van der Waals surface area (Å²) >= 11 is 0. The van der Waals surface area contributed by atoms with Gasteiger partial charge in [-0.05, 0) is 63.2 Å². The Morgan fingerprint density at radius 1 is 1.08 bits per heavy atom. The summed E-state index contributed by atoms with van der Waals surface area (Å²) in [7, 11) is 1.95. The summed E-state index contributed by atoms with van der Waals surface area (Å²) in [5, 5.41) is 2.86. The van der Waals surface area contributed by atoms with Gasteiger partial charge in [0.05, 0.1) is 6.04 Å². The van der Waals surface area contributed by atoms with Crippen LogP contribution in [-0.2, 0) is 11.2 Å². The first-order chi connectivity index (χ1) is 12.0. The molecule has 0 saturated heterocycles. The van der Waals surface area contributed by atoms with Crippen molar-refractivity contribution in [3.05, 3.63) is 65.7 Å². The number of rotatable bonds is 8. The van der Waals surface area contributed by atoms with Gasteiger partial charge in [-0.1, -0.05) is 30.3 Å². The molecule has 1 atom stereocenters. The van der Waals surface area contributed by atoms with E-state index >= 15 is 0 Å². The molecule has 2 rings (SSSR count). The molecule has 0 bridgehead atoms. The van der Waals surface area contributed by atoms with Crippen molar-refractivity contribution in [2.75, 3.05) is 18.9 Å². The molecule has 0 aromatic heterocycles. The van der Waals surface area contributed by atoms with Gasteiger partial charge in [-0.3, -0.25) is 14.5 Å². The normalized spacial score (nSPS) is 12.0. The molecule has 0 aliphatic rings. The van der Waals surface area contributed by atoms with Crippen LogP contribution in [-0.4, -0.2) is 36.3 Å². The van der Waals surface area contributed by atoms with E-state index in [2.05, 4.69) is 17.4 Å². The Labute approximate surface area is 148 Å². The number of amides is 2. The van der Waals surface area contributed by atoms with Crippen molar-refractivity contribution in [3.8, 4) is 0 Å². The van der Waals surface area contributed by atoms with Crippen LogP contribution in [0, 0.1) is 0 Å². The standard InChI is InChI=1S/C20H25N3O2/c1-15(23(2)14-6-9-16-7-4-3-5-8-16)20(25)22-18-12-10-17(11-13-18)19(21)24/h3-5,7-8,10-13,15H,6,9,14H2,1-2H3,(H2,21,24)(H,22,25). The van der Waals surface area contributed by atoms with Gasteiger partial charge < -0.3 is 11.1 Å². The van der Waals surface area contributed by atoms with Gasteiger partial charge in [0.1, 0.15) is 0 Å². The van der Waals surface area contributed by atoms with Crippen LogP contribution in [0.5, 0.6) is 0 Å². The molecule has 1 unspecified atom stereocenters. The topological polar surface area (TPSA) is 75.4 Å². The second-order valence-electron chi connectivity index (χ2n) is 6.18. The van der Waals surface area contributed by atoms with E-state index in [0.717, 1.165) is 19.4 Å². The molecule has 2 amide bonds. The van der Waals surface area contributed by atoms with Crippen LogP contribution in [0.1, 0.15) is 29.3 Å². The number of aryl methyl sites for hydroxylation is 1. The highest BCUT2D eigenvalue weighted by molar-refractivity contribution is 5.96. The summed E-state index contributed by atoms with van der Waals surface area (Å²) in [5.74, 6) is -0.557. The fourth-order valence-corrected chi connectivity index (χ4v) is 2.54. The monoisotopic (exact) mass is 339 g/mol. The number of hydrogen-bond acceptors (Lipinski definition) is 3. The summed E-state index contributed by atoms with van der Waals surface area (Å²) < 4.78 is 0. The third-order valence-electron chi connectivity index (χ3n) is 4.30. The predicted octanol–water partition coefficient (Wildman–Crippen LogP) is 2.68. The number of likely N-dealkylation sites (N-methyl/N-ethyl adjacent to an activating group) is 1. The Bertz CT molecular complexity index is 699. The van der Waals surface area contributed by atoms with Crippen LogP contribution in [0.15, 0.2) is 54.6 Å². The average Bonchev–Trinajstić information content (AvgIpc) is 2.62. The fourth-order valence-electron chi connectivity index (χ4n) is 2.54. The van der Waals surface area contributed by atoms with E-state index in [1.807, 2.05) is 37.1 Å². The van der Waals surface area contributed by atoms with Gasteiger partial charge in [0, 0.05) is 11.3 Å². The van der Waals surface area contributed by atoms with Gasteiger partial charge in [-0.25, -0.2) is 0 Å². The van der Waals surface area contributed by atoms with Crippen molar-refractivity contribution < 1.29 is 9.59 Å². The smallest absolute Gasteiger partial charge is 0.248 e. The second-order valence-corrected chi connectivity index (χ2v) is 6.18. The SMILES string of the molecule is CC(C(=O)Nc1ccc(C(N)=O)cc1)N(C)CCCc1ccccc1. The Kier molecular flexibility index (Phi) is 6.71. The predicted molar refractivity (Wildman–Crippen MR) is 100 cm³/mol. The zero-order valence-corrected chi connectivity index (χ0v) is 14.7. The van der Waals surface area contributed by atoms with E-state index in [0.29, 0.717) is 11.3 Å². The van der Waals surface area contributed by atoms with Crippen LogP contribution in [0.4, 0.5) is 5.69 Å². The van der Waals surface area contributed by atoms with Crippen molar-refractivity contribution in [3.63, 3.8) is 0 Å². The molecule has 2 aromatic carbocycles. The Morgan fingerprint density at radius 2 is 1.72 bits per heavy atom. The first kappa shape index (κ1) is 18.7. The maximum Gasteiger partial charge on any atom is 0.248 e. The summed E-state index contributed by atoms with van der Waals surface area (Å²) in [6, 6.07) is 16.7. The van der Waals surface area contributed by atoms with Gasteiger partial charge in [-0.2, -0.15) is 0 Å². The lowest BCUT2D eigenvalue weighted by molar-refractivity contribution is -0.120. The van der Waals surface area contributed by atoms with Crippen molar-refractivity contribution in [2.24, 2.45) is 5.73 Å². The lowest BCUT2D eigenvalue weighted by Crippen LogP contribution is -2.40. The minimum Gasteiger partial charge on any atom is -0.366 e. The van der Waals surface area contributed by atoms with Gasteiger partial charge in [0.25, 0.3) is 0 Å². The highest BCUT2D eigenvalue weighted by Gasteiger charge is 2.17. The van der Waals surface area contributed by atoms with E-state index in [-0.39, 0.29) is 11.9 Å². The second kappa shape index (κ2) is 8.99. The average molecular weight is 339 g/mol. The van der Waals surface area contributed by atoms with Crippen molar-refractivity contribution in [1.29, 1.82) is 0 Å². The zero-order chi connectivity index (χ0) is 18.2. The third-order valence-corrected chi connectivity index (χ3v) is 4.30. The fraction of sp³-hybridized carbons (Fsp3) is 0.300. The molecular formula is C20H25N3O2. The molecular weight excluding hydrogens is 314 g/mol. The van der Waals surface area contributed by atoms with Crippen molar-refractivity contribution in [2.45, 2.75) is 25.8 Å². The van der Waals surface area contributed by atoms with Crippen LogP contribution in [0.2, 0.25) is 0 Å². The number of carbonyl (C=O) groups excluding carboxylic acids is 2. The summed E-state index contributed by atoms with van der Waals surface area (Å²) in [4.78, 5) is 25.5. The summed E-state index contributed by atoms with van der Waals surface area (Å²) in [6.07, 6.45) is 1.99. The van der Waals surface area contributed by atoms with Gasteiger partial charge in [0.15, 0.2) is 0 Å². The molecule has 0 aliphatic heterocycles. The molecule has 2 aromatic rings. The largest absolute Gasteiger partial charge is 0.366 e. The first-order valence-electron chi connectivity index (χ1n) is 8.42. The van der Waals surface area contributed by atoms with E-state index in [1.165, 1.54) is 5.56 Å². The molecule has 3 N–H and O–H groups in total. The van der Waals surface area contributed by atoms with E-state index < -0.39 is 5.91 Å². The molecule has 0 spiro atoms. The number of anilines is 1. The quantitative estimate of drug-likeness (QED) is 0.776. The molecule has 25 heavy (non-hydrogen) atoms. The summed E-state index contributed by atoms with van der Waals surface area (Å²) in [6.45, 7) is 2.72. The minimum atomic E-state index is -0.482. The highest BCUT2D eigenvalue weighted by atomic mass is 16.2. The maximum atomic E-state index is 12.4. The molecule has 0 aliphatic carbocycles. The van der Waals surface area contributed by atoms with E-state index in [9.17, 15) is 9.59 Å². The Hall–Kier alpha value is -2.66. The van der Waals surface area contributed by atoms with Gasteiger partial charge in [-0.15, -0.1) is 0 Å². The lowest BCUT2D eigenvalue weighted by atomic mass is 10.1. The van der Waals surface area contributed by atoms with Gasteiger partial charge >= 0.3 is 0 Å². The number of hydrogen-bond donors (Lipinski definition) is 2. The first-order valence-corrected chi connectivity index (χ1v) is 8.42. The lowest BCUT2D eigenvalue weighted by Gasteiger charge is -2.23. The number of benzene rings is 2. The number of nitrogens with two attached hydrogens (primary N) is 1. The number of nitrogens with zero attached hydrogens (tertiary/aromatic N) is 1. The van der Waals surface area contributed by atoms with Crippen LogP contribution < -0.4 is 11.1 Å². The van der Waals surface area contributed by atoms with E-state index in [1.54, 1.807) is 24.3 Å². The number of carbonyl (C=O) groups is 2. The molecule has 0 saturated carbocycles. The van der Waals surface area contributed by atoms with Crippen molar-refractivity contribution in [1.82, 2.24) is 4.90 Å². The van der Waals surface area contributed by atoms with E-state index in [4.69, 9.17) is 5.73 Å². The molecule has 5 nitrogen and oxygen atoms in total. The van der Waals surface area contributed by atoms with Crippen molar-refractivity contribution >= 4 is 17.5 Å². The maximum absolute atomic E-state index is 12.4. The molecule has 5 heteroatoms. The van der Waals surface area contributed by atoms with Crippen LogP contribution in [0.3, 0.4) is 0 Å². The van der Waals surface area contributed by atoms with Crippen LogP contribution in [0.25, 0.3) is 0 Å². The number of primary amides is 1. The molecule has 132 valence electrons. The third kappa shape index (κ3) is 5.72. The molecule has 0 fully saturated rings. The van der Waals surface area contributed by atoms with Gasteiger partial charge in [0.2, 0.25) is 11.8 Å². The van der Waals surface area contributed by atoms with Crippen LogP contribution >= 0.6 is 0 Å². The Morgan fingerprint density at radius 3 is 2.32 bits per heavy atom. The zero-order valence-electron chi connectivity index (χ0n) is 14.7. The highest BCUT2D eigenvalue weighted by Crippen LogP contribution is 2.11. The minimum absolute atomic E-state index is 0.0750. The summed E-state index contributed by atoms with van der Waals surface area (Å²) in [5.41, 5.74) is 7.59. The Balaban J connectivity index is 1.80. The number of nitrogens with one attached hydrogen (secondary N) is 1.